The maximum atomic E-state index is 2.87. The molecule has 6 rings (SSSR count). The van der Waals surface area contributed by atoms with E-state index in [9.17, 15) is 0 Å². The molecule has 0 bridgehead atoms. The first-order valence-corrected chi connectivity index (χ1v) is 34.8. The van der Waals surface area contributed by atoms with Crippen LogP contribution >= 0.6 is 0 Å². The van der Waals surface area contributed by atoms with Crippen LogP contribution in [0.5, 0.6) is 0 Å². The molecule has 0 aromatic heterocycles. The Morgan fingerprint density at radius 2 is 1.07 bits per heavy atom. The standard InChI is InChI=1S/2C17H15.C4H10Si.2CH3.Hf/c2*1-12-9-10-13(2)17(11-12)16-8-4-6-14-5-3-7-15(14)16;1-3-4-5-2;;;/h2*3-11H,1-2H3;3-4H2,1-2H3;2*1H3;. The van der Waals surface area contributed by atoms with E-state index in [0.717, 1.165) is 0 Å². The van der Waals surface area contributed by atoms with Crippen LogP contribution in [0.3, 0.4) is 0 Å². The molecule has 0 radical (unpaired) electrons. The number of fused-ring (bicyclic) bond motifs is 2. The molecule has 214 valence electrons. The molecule has 2 aliphatic carbocycles. The Labute approximate surface area is 255 Å². The van der Waals surface area contributed by atoms with Crippen LogP contribution in [-0.4, -0.2) is 5.49 Å². The molecule has 2 unspecified atom stereocenters. The van der Waals surface area contributed by atoms with Gasteiger partial charge in [0.2, 0.25) is 0 Å². The molecule has 0 aliphatic heterocycles. The zero-order valence-electron chi connectivity index (χ0n) is 26.8. The van der Waals surface area contributed by atoms with Gasteiger partial charge in [-0.05, 0) is 0 Å². The Bertz CT molecular complexity index is 1740. The van der Waals surface area contributed by atoms with Gasteiger partial charge >= 0.3 is 257 Å². The summed E-state index contributed by atoms with van der Waals surface area (Å²) in [6.45, 7) is 14.1. The fraction of sp³-hybridized carbons (Fsp3) is 0.300. The summed E-state index contributed by atoms with van der Waals surface area (Å²) >= 11 is -3.78. The summed E-state index contributed by atoms with van der Waals surface area (Å²) in [5.41, 5.74) is 16.5. The maximum absolute atomic E-state index is 3.78. The molecule has 2 heteroatoms. The van der Waals surface area contributed by atoms with Crippen LogP contribution in [0.1, 0.15) is 65.2 Å². The van der Waals surface area contributed by atoms with Gasteiger partial charge < -0.3 is 0 Å². The predicted octanol–water partition coefficient (Wildman–Crippen LogP) is 11.9. The molecule has 0 N–H and O–H groups in total. The third kappa shape index (κ3) is 4.56. The Hall–Kier alpha value is -2.55. The van der Waals surface area contributed by atoms with Gasteiger partial charge in [0.05, 0.1) is 0 Å². The molecule has 0 saturated heterocycles. The zero-order chi connectivity index (χ0) is 29.8. The van der Waals surface area contributed by atoms with Gasteiger partial charge in [-0.1, -0.05) is 0 Å². The first-order valence-electron chi connectivity index (χ1n) is 15.8. The summed E-state index contributed by atoms with van der Waals surface area (Å²) in [6, 6.07) is 29.6. The number of hydrogen-bond donors (Lipinski definition) is 0. The second-order valence-corrected chi connectivity index (χ2v) is 61.5. The minimum atomic E-state index is -3.78. The number of hydrogen-bond acceptors (Lipinski definition) is 0. The van der Waals surface area contributed by atoms with Gasteiger partial charge in [-0.3, -0.25) is 0 Å². The summed E-state index contributed by atoms with van der Waals surface area (Å²) in [6.07, 6.45) is 11.6. The molecular formula is C40H46HfSi. The van der Waals surface area contributed by atoms with Crippen LogP contribution in [0.2, 0.25) is 22.0 Å². The summed E-state index contributed by atoms with van der Waals surface area (Å²) in [7, 11) is 0. The van der Waals surface area contributed by atoms with Crippen molar-refractivity contribution in [3.63, 3.8) is 0 Å². The Morgan fingerprint density at radius 1 is 0.619 bits per heavy atom. The zero-order valence-corrected chi connectivity index (χ0v) is 31.4. The number of aryl methyl sites for hydroxylation is 4. The number of benzene rings is 4. The van der Waals surface area contributed by atoms with Crippen LogP contribution in [-0.2, 0) is 17.1 Å². The Balaban J connectivity index is 1.56. The van der Waals surface area contributed by atoms with Crippen molar-refractivity contribution in [2.75, 3.05) is 0 Å². The molecule has 4 aromatic carbocycles. The summed E-state index contributed by atoms with van der Waals surface area (Å²) in [5, 5.41) is 0. The second kappa shape index (κ2) is 10.9. The summed E-state index contributed by atoms with van der Waals surface area (Å²) in [5.74, 6) is 0. The fourth-order valence-electron chi connectivity index (χ4n) is 8.24. The SMILES string of the molecule is CCC[Si](C)=[Hf]([CH3])([CH3])([CH]1C=Cc2c(-c3cc(C)ccc3C)cccc21)[CH]1C=Cc2c(-c3cc(C)ccc3C)cccc21. The van der Waals surface area contributed by atoms with Gasteiger partial charge in [-0.25, -0.2) is 0 Å². The normalized spacial score (nSPS) is 17.5. The van der Waals surface area contributed by atoms with E-state index in [0.29, 0.717) is 7.35 Å². The van der Waals surface area contributed by atoms with Crippen molar-refractivity contribution in [2.45, 2.75) is 70.3 Å². The summed E-state index contributed by atoms with van der Waals surface area (Å²) in [4.78, 5) is 0. The molecule has 0 amide bonds. The van der Waals surface area contributed by atoms with E-state index >= 15 is 0 Å². The van der Waals surface area contributed by atoms with Crippen molar-refractivity contribution < 1.29 is 17.1 Å². The van der Waals surface area contributed by atoms with E-state index in [-0.39, 0.29) is 0 Å². The molecule has 0 nitrogen and oxygen atoms in total. The topological polar surface area (TPSA) is 0 Å². The molecule has 2 aliphatic rings. The van der Waals surface area contributed by atoms with E-state index in [1.54, 1.807) is 11.1 Å². The molecule has 2 atom stereocenters. The molecular weight excluding hydrogens is 687 g/mol. The van der Waals surface area contributed by atoms with Crippen molar-refractivity contribution in [3.05, 3.63) is 129 Å². The van der Waals surface area contributed by atoms with Gasteiger partial charge in [0.15, 0.2) is 0 Å². The molecule has 42 heavy (non-hydrogen) atoms. The first-order chi connectivity index (χ1) is 20.0. The molecule has 4 aromatic rings. The van der Waals surface area contributed by atoms with Gasteiger partial charge in [0, 0.05) is 0 Å². The van der Waals surface area contributed by atoms with E-state index < -0.39 is 22.6 Å². The second-order valence-electron chi connectivity index (χ2n) is 14.1. The van der Waals surface area contributed by atoms with E-state index in [1.165, 1.54) is 68.1 Å². The van der Waals surface area contributed by atoms with E-state index in [2.05, 4.69) is 148 Å². The van der Waals surface area contributed by atoms with Crippen LogP contribution in [0.25, 0.3) is 34.4 Å². The van der Waals surface area contributed by atoms with Crippen LogP contribution in [0.4, 0.5) is 0 Å². The van der Waals surface area contributed by atoms with E-state index in [1.807, 2.05) is 0 Å². The van der Waals surface area contributed by atoms with E-state index in [4.69, 9.17) is 0 Å². The van der Waals surface area contributed by atoms with Crippen LogP contribution in [0.15, 0.2) is 84.9 Å². The fourth-order valence-corrected chi connectivity index (χ4v) is 52.6. The summed E-state index contributed by atoms with van der Waals surface area (Å²) < 4.78 is 6.87. The minimum absolute atomic E-state index is 0.567. The molecule has 0 fully saturated rings. The van der Waals surface area contributed by atoms with Crippen molar-refractivity contribution in [1.82, 2.24) is 0 Å². The van der Waals surface area contributed by atoms with Crippen LogP contribution in [0, 0.1) is 27.7 Å². The van der Waals surface area contributed by atoms with Crippen LogP contribution < -0.4 is 0 Å². The molecule has 0 spiro atoms. The third-order valence-corrected chi connectivity index (χ3v) is 69.2. The van der Waals surface area contributed by atoms with Gasteiger partial charge in [-0.2, -0.15) is 0 Å². The van der Waals surface area contributed by atoms with Gasteiger partial charge in [-0.15, -0.1) is 0 Å². The Kier molecular flexibility index (Phi) is 7.63. The number of allylic oxidation sites excluding steroid dienone is 2. The predicted molar refractivity (Wildman–Crippen MR) is 185 cm³/mol. The van der Waals surface area contributed by atoms with Crippen molar-refractivity contribution >= 4 is 17.6 Å². The van der Waals surface area contributed by atoms with Gasteiger partial charge in [0.1, 0.15) is 0 Å². The number of rotatable bonds is 6. The monoisotopic (exact) mass is 734 g/mol. The average Bonchev–Trinajstić information content (AvgIpc) is 3.62. The first kappa shape index (κ1) is 29.5. The third-order valence-electron chi connectivity index (χ3n) is 11.1. The quantitative estimate of drug-likeness (QED) is 0.173. The molecule has 0 saturated carbocycles. The van der Waals surface area contributed by atoms with Crippen molar-refractivity contribution in [3.8, 4) is 22.3 Å². The van der Waals surface area contributed by atoms with Crippen molar-refractivity contribution in [2.24, 2.45) is 0 Å². The molecule has 0 heterocycles. The van der Waals surface area contributed by atoms with Gasteiger partial charge in [0.25, 0.3) is 0 Å². The van der Waals surface area contributed by atoms with Crippen molar-refractivity contribution in [1.29, 1.82) is 0 Å². The average molecular weight is 733 g/mol. The Morgan fingerprint density at radius 3 is 1.50 bits per heavy atom.